The van der Waals surface area contributed by atoms with Crippen molar-refractivity contribution < 1.29 is 38.8 Å². The highest BCUT2D eigenvalue weighted by atomic mass is 16.5. The number of esters is 3. The van der Waals surface area contributed by atoms with E-state index in [2.05, 4.69) is 99.4 Å². The first-order valence-electron chi connectivity index (χ1n) is 21.4. The third kappa shape index (κ3) is 44.4. The molecule has 0 saturated carbocycles. The van der Waals surface area contributed by atoms with Crippen LogP contribution in [0.15, 0.2) is 137 Å². The number of carbonyl (C=O) groups excluding carboxylic acids is 3. The fraction of sp³-hybridized carbons (Fsp3) is 0.510. The molecule has 0 aromatic carbocycles. The molecule has 0 radical (unpaired) electrons. The highest BCUT2D eigenvalue weighted by molar-refractivity contribution is 5.81. The normalized spacial score (nSPS) is 12.9. The van der Waals surface area contributed by atoms with Gasteiger partial charge in [0.2, 0.25) is 0 Å². The number of ether oxygens (including phenoxy) is 3. The first kappa shape index (κ1) is 58.8. The van der Waals surface area contributed by atoms with Crippen molar-refractivity contribution in [2.24, 2.45) is 23.7 Å². The Labute approximate surface area is 359 Å². The summed E-state index contributed by atoms with van der Waals surface area (Å²) >= 11 is 0. The van der Waals surface area contributed by atoms with Crippen LogP contribution in [0.25, 0.3) is 0 Å². The highest BCUT2D eigenvalue weighted by Gasteiger charge is 2.05. The monoisotopic (exact) mass is 821 g/mol. The van der Waals surface area contributed by atoms with Gasteiger partial charge in [-0.3, -0.25) is 0 Å². The lowest BCUT2D eigenvalue weighted by Gasteiger charge is -2.09. The quantitative estimate of drug-likeness (QED) is 0.0211. The van der Waals surface area contributed by atoms with Crippen LogP contribution >= 0.6 is 0 Å². The van der Waals surface area contributed by atoms with Crippen molar-refractivity contribution in [2.45, 2.75) is 110 Å². The summed E-state index contributed by atoms with van der Waals surface area (Å²) in [6.45, 7) is 29.0. The predicted molar refractivity (Wildman–Crippen MR) is 248 cm³/mol. The SMILES string of the molecule is C=CC(=O)OCC.C=CC(=O)OCCCC(C=C)C/C=C/CC/C=C/CC(C=C)CCCOC(=O)C=C.C=CC(C/C=C/CC/C=C/CC(C=C)CCCO)CCCO. The van der Waals surface area contributed by atoms with E-state index in [0.717, 1.165) is 109 Å². The molecule has 332 valence electrons. The van der Waals surface area contributed by atoms with Crippen LogP contribution in [0, 0.1) is 23.7 Å². The van der Waals surface area contributed by atoms with Gasteiger partial charge in [-0.25, -0.2) is 14.4 Å². The number of aliphatic hydroxyl groups is 2. The zero-order valence-electron chi connectivity index (χ0n) is 36.6. The smallest absolute Gasteiger partial charge is 0.330 e. The van der Waals surface area contributed by atoms with Crippen molar-refractivity contribution in [1.82, 2.24) is 0 Å². The molecule has 0 spiro atoms. The van der Waals surface area contributed by atoms with Gasteiger partial charge in [0.05, 0.1) is 19.8 Å². The molecule has 0 amide bonds. The van der Waals surface area contributed by atoms with E-state index in [4.69, 9.17) is 19.7 Å². The van der Waals surface area contributed by atoms with E-state index < -0.39 is 0 Å². The predicted octanol–water partition coefficient (Wildman–Crippen LogP) is 11.8. The van der Waals surface area contributed by atoms with Crippen LogP contribution in [0.3, 0.4) is 0 Å². The largest absolute Gasteiger partial charge is 0.463 e. The zero-order chi connectivity index (χ0) is 44.6. The zero-order valence-corrected chi connectivity index (χ0v) is 36.6. The summed E-state index contributed by atoms with van der Waals surface area (Å²) in [6.07, 6.45) is 44.6. The molecule has 0 aromatic rings. The van der Waals surface area contributed by atoms with E-state index in [0.29, 0.717) is 43.5 Å². The van der Waals surface area contributed by atoms with Gasteiger partial charge < -0.3 is 24.4 Å². The maximum atomic E-state index is 11.0. The van der Waals surface area contributed by atoms with Gasteiger partial charge in [0.25, 0.3) is 0 Å². The Hall–Kier alpha value is -4.53. The molecule has 0 rings (SSSR count). The Balaban J connectivity index is -0.000000942. The number of aliphatic hydroxyl groups excluding tert-OH is 2. The van der Waals surface area contributed by atoms with Crippen molar-refractivity contribution in [1.29, 1.82) is 0 Å². The van der Waals surface area contributed by atoms with Gasteiger partial charge in [-0.2, -0.15) is 0 Å². The van der Waals surface area contributed by atoms with Crippen molar-refractivity contribution in [3.05, 3.63) is 137 Å². The number of allylic oxidation sites excluding steroid dienone is 12. The lowest BCUT2D eigenvalue weighted by atomic mass is 9.99. The Kier molecular flexibility index (Phi) is 47.7. The molecule has 0 aliphatic carbocycles. The summed E-state index contributed by atoms with van der Waals surface area (Å²) in [4.78, 5) is 32.1. The second-order valence-corrected chi connectivity index (χ2v) is 13.7. The highest BCUT2D eigenvalue weighted by Crippen LogP contribution is 2.17. The molecule has 4 atom stereocenters. The van der Waals surface area contributed by atoms with Gasteiger partial charge in [0.15, 0.2) is 0 Å². The fourth-order valence-corrected chi connectivity index (χ4v) is 5.33. The van der Waals surface area contributed by atoms with Gasteiger partial charge in [-0.15, -0.1) is 26.3 Å². The number of rotatable bonds is 36. The molecule has 8 nitrogen and oxygen atoms in total. The van der Waals surface area contributed by atoms with Crippen molar-refractivity contribution in [3.8, 4) is 0 Å². The minimum Gasteiger partial charge on any atom is -0.463 e. The Bertz CT molecular complexity index is 1160. The number of hydrogen-bond acceptors (Lipinski definition) is 8. The third-order valence-corrected chi connectivity index (χ3v) is 8.94. The Morgan fingerprint density at radius 3 is 0.932 bits per heavy atom. The van der Waals surface area contributed by atoms with Gasteiger partial charge in [-0.05, 0) is 133 Å². The number of unbranched alkanes of at least 4 members (excludes halogenated alkanes) is 2. The molecule has 0 heterocycles. The van der Waals surface area contributed by atoms with Crippen molar-refractivity contribution >= 4 is 17.9 Å². The van der Waals surface area contributed by atoms with Crippen molar-refractivity contribution in [3.63, 3.8) is 0 Å². The minimum atomic E-state index is -0.369. The molecule has 0 aliphatic rings. The molecule has 0 aromatic heterocycles. The summed E-state index contributed by atoms with van der Waals surface area (Å²) < 4.78 is 14.4. The van der Waals surface area contributed by atoms with Crippen LogP contribution in [0.1, 0.15) is 110 Å². The molecule has 0 aliphatic heterocycles. The van der Waals surface area contributed by atoms with E-state index in [1.165, 1.54) is 12.2 Å². The summed E-state index contributed by atoms with van der Waals surface area (Å²) in [6, 6.07) is 0. The fourth-order valence-electron chi connectivity index (χ4n) is 5.33. The molecular formula is C51H80O8. The lowest BCUT2D eigenvalue weighted by Crippen LogP contribution is -2.04. The van der Waals surface area contributed by atoms with Gasteiger partial charge in [0.1, 0.15) is 0 Å². The van der Waals surface area contributed by atoms with Gasteiger partial charge in [-0.1, -0.05) is 92.6 Å². The third-order valence-electron chi connectivity index (χ3n) is 8.94. The number of hydrogen-bond donors (Lipinski definition) is 2. The molecule has 59 heavy (non-hydrogen) atoms. The first-order valence-corrected chi connectivity index (χ1v) is 21.4. The second kappa shape index (κ2) is 47.8. The maximum Gasteiger partial charge on any atom is 0.330 e. The van der Waals surface area contributed by atoms with Gasteiger partial charge in [0, 0.05) is 31.4 Å². The van der Waals surface area contributed by atoms with E-state index >= 15 is 0 Å². The Morgan fingerprint density at radius 1 is 0.441 bits per heavy atom. The minimum absolute atomic E-state index is 0.267. The van der Waals surface area contributed by atoms with E-state index in [1.807, 2.05) is 24.3 Å². The lowest BCUT2D eigenvalue weighted by molar-refractivity contribution is -0.138. The van der Waals surface area contributed by atoms with Crippen LogP contribution in [-0.2, 0) is 28.6 Å². The molecule has 4 unspecified atom stereocenters. The summed E-state index contributed by atoms with van der Waals surface area (Å²) in [7, 11) is 0. The molecule has 0 saturated heterocycles. The summed E-state index contributed by atoms with van der Waals surface area (Å²) in [5.74, 6) is 0.676. The Morgan fingerprint density at radius 2 is 0.712 bits per heavy atom. The van der Waals surface area contributed by atoms with E-state index in [9.17, 15) is 14.4 Å². The molecule has 0 fully saturated rings. The average molecular weight is 821 g/mol. The number of carbonyl (C=O) groups is 3. The molecular weight excluding hydrogens is 741 g/mol. The second-order valence-electron chi connectivity index (χ2n) is 13.7. The first-order chi connectivity index (χ1) is 28.7. The van der Waals surface area contributed by atoms with Crippen LogP contribution < -0.4 is 0 Å². The van der Waals surface area contributed by atoms with E-state index in [1.54, 1.807) is 6.92 Å². The van der Waals surface area contributed by atoms with Gasteiger partial charge >= 0.3 is 17.9 Å². The van der Waals surface area contributed by atoms with Crippen LogP contribution in [-0.4, -0.2) is 61.2 Å². The molecule has 2 N–H and O–H groups in total. The summed E-state index contributed by atoms with van der Waals surface area (Å²) in [5.41, 5.74) is 0. The van der Waals surface area contributed by atoms with Crippen LogP contribution in [0.5, 0.6) is 0 Å². The van der Waals surface area contributed by atoms with Crippen molar-refractivity contribution in [2.75, 3.05) is 33.0 Å². The molecule has 0 bridgehead atoms. The van der Waals surface area contributed by atoms with Crippen LogP contribution in [0.4, 0.5) is 0 Å². The average Bonchev–Trinajstić information content (AvgIpc) is 3.26. The standard InChI is InChI=1S/C26H38O4.C20H34O2.C5H8O2/c1-5-23(19-15-21-29-25(27)7-3)17-13-11-9-10-12-14-18-24(6-2)20-16-22-30-26(28)8-4;1-3-19(15-11-17-21)13-9-7-5-6-8-10-14-20(4-2)16-12-18-22;1-3-5(6)7-4-2/h5-8,11-14,23-24H,1-4,9-10,15-22H2;3-4,7-10,19-22H,1-2,5-6,11-18H2;3H,1,4H2,2H3/b13-11+,14-12+;9-7+,10-8+;. The van der Waals surface area contributed by atoms with Crippen LogP contribution in [0.2, 0.25) is 0 Å². The van der Waals surface area contributed by atoms with E-state index in [-0.39, 0.29) is 31.1 Å². The summed E-state index contributed by atoms with van der Waals surface area (Å²) in [5, 5.41) is 17.7. The molecule has 8 heteroatoms. The topological polar surface area (TPSA) is 119 Å². The maximum absolute atomic E-state index is 11.0.